The van der Waals surface area contributed by atoms with Crippen molar-refractivity contribution in [1.82, 2.24) is 20.5 Å². The highest BCUT2D eigenvalue weighted by molar-refractivity contribution is 5.78. The molecule has 2 N–H and O–H groups in total. The number of hydrogen-bond acceptors (Lipinski definition) is 5. The maximum absolute atomic E-state index is 11.7. The lowest BCUT2D eigenvalue weighted by Gasteiger charge is -2.04. The minimum Gasteiger partial charge on any atom is -0.356 e. The lowest BCUT2D eigenvalue weighted by Crippen LogP contribution is -2.26. The number of aryl methyl sites for hydroxylation is 1. The Hall–Kier alpha value is -2.77. The van der Waals surface area contributed by atoms with E-state index in [-0.39, 0.29) is 18.0 Å². The molecule has 1 heterocycles. The predicted molar refractivity (Wildman–Crippen MR) is 74.5 cm³/mol. The molecule has 0 radical (unpaired) electrons. The average Bonchev–Trinajstić information content (AvgIpc) is 2.97. The van der Waals surface area contributed by atoms with Crippen LogP contribution in [-0.2, 0) is 17.6 Å². The number of non-ortho nitro benzene ring substituents is 1. The van der Waals surface area contributed by atoms with Crippen molar-refractivity contribution in [3.05, 3.63) is 52.1 Å². The van der Waals surface area contributed by atoms with E-state index >= 15 is 0 Å². The van der Waals surface area contributed by atoms with Crippen molar-refractivity contribution in [2.45, 2.75) is 19.3 Å². The number of carbonyl (C=O) groups is 1. The highest BCUT2D eigenvalue weighted by Crippen LogP contribution is 2.13. The maximum atomic E-state index is 11.7. The molecule has 0 aliphatic carbocycles. The van der Waals surface area contributed by atoms with Crippen LogP contribution < -0.4 is 5.32 Å². The van der Waals surface area contributed by atoms with Gasteiger partial charge in [0.1, 0.15) is 12.2 Å². The van der Waals surface area contributed by atoms with Crippen LogP contribution in [0.1, 0.15) is 17.8 Å². The molecule has 0 saturated heterocycles. The van der Waals surface area contributed by atoms with Gasteiger partial charge >= 0.3 is 0 Å². The van der Waals surface area contributed by atoms with E-state index in [9.17, 15) is 14.9 Å². The van der Waals surface area contributed by atoms with E-state index in [0.29, 0.717) is 18.5 Å². The van der Waals surface area contributed by atoms with Crippen LogP contribution in [0.25, 0.3) is 0 Å². The number of H-pyrrole nitrogens is 1. The van der Waals surface area contributed by atoms with Gasteiger partial charge in [-0.25, -0.2) is 4.98 Å². The normalized spacial score (nSPS) is 10.3. The molecule has 1 aromatic carbocycles. The highest BCUT2D eigenvalue weighted by atomic mass is 16.6. The molecular weight excluding hydrogens is 274 g/mol. The second-order valence-corrected chi connectivity index (χ2v) is 4.49. The molecule has 0 aliphatic rings. The van der Waals surface area contributed by atoms with Gasteiger partial charge in [0.05, 0.1) is 11.3 Å². The third kappa shape index (κ3) is 4.68. The van der Waals surface area contributed by atoms with Crippen LogP contribution in [0.5, 0.6) is 0 Å². The summed E-state index contributed by atoms with van der Waals surface area (Å²) in [6.45, 7) is 0.522. The van der Waals surface area contributed by atoms with E-state index < -0.39 is 4.92 Å². The van der Waals surface area contributed by atoms with Crippen LogP contribution in [0.3, 0.4) is 0 Å². The number of aromatic nitrogens is 3. The number of aromatic amines is 1. The molecule has 0 saturated carbocycles. The smallest absolute Gasteiger partial charge is 0.269 e. The summed E-state index contributed by atoms with van der Waals surface area (Å²) in [6.07, 6.45) is 3.02. The van der Waals surface area contributed by atoms with Gasteiger partial charge in [-0.15, -0.1) is 0 Å². The summed E-state index contributed by atoms with van der Waals surface area (Å²) in [5.74, 6) is 0.621. The van der Waals surface area contributed by atoms with Crippen LogP contribution in [0.4, 0.5) is 5.69 Å². The summed E-state index contributed by atoms with van der Waals surface area (Å²) in [6, 6.07) is 6.08. The summed E-state index contributed by atoms with van der Waals surface area (Å²) < 4.78 is 0. The first-order valence-electron chi connectivity index (χ1n) is 6.49. The molecular formula is C13H15N5O3. The molecule has 8 heteroatoms. The minimum atomic E-state index is -0.473. The first kappa shape index (κ1) is 14.6. The number of nitro groups is 1. The van der Waals surface area contributed by atoms with Crippen molar-refractivity contribution in [2.75, 3.05) is 6.54 Å². The van der Waals surface area contributed by atoms with Crippen molar-refractivity contribution in [2.24, 2.45) is 0 Å². The zero-order valence-electron chi connectivity index (χ0n) is 11.3. The fourth-order valence-corrected chi connectivity index (χ4v) is 1.86. The van der Waals surface area contributed by atoms with Crippen molar-refractivity contribution < 1.29 is 9.72 Å². The lowest BCUT2D eigenvalue weighted by molar-refractivity contribution is -0.384. The van der Waals surface area contributed by atoms with Crippen LogP contribution in [0, 0.1) is 10.1 Å². The van der Waals surface area contributed by atoms with Crippen molar-refractivity contribution >= 4 is 11.6 Å². The molecule has 21 heavy (non-hydrogen) atoms. The average molecular weight is 289 g/mol. The summed E-state index contributed by atoms with van der Waals surface area (Å²) >= 11 is 0. The summed E-state index contributed by atoms with van der Waals surface area (Å²) in [7, 11) is 0. The topological polar surface area (TPSA) is 114 Å². The van der Waals surface area contributed by atoms with Crippen LogP contribution in [0.15, 0.2) is 30.6 Å². The molecule has 0 unspecified atom stereocenters. The third-order valence-corrected chi connectivity index (χ3v) is 2.86. The molecule has 1 aromatic heterocycles. The Labute approximate surface area is 120 Å². The Morgan fingerprint density at radius 3 is 3.00 bits per heavy atom. The van der Waals surface area contributed by atoms with E-state index in [0.717, 1.165) is 12.2 Å². The number of benzene rings is 1. The number of nitro benzene ring substituents is 1. The lowest BCUT2D eigenvalue weighted by atomic mass is 10.1. The van der Waals surface area contributed by atoms with Gasteiger partial charge in [0.25, 0.3) is 5.69 Å². The fourth-order valence-electron chi connectivity index (χ4n) is 1.86. The summed E-state index contributed by atoms with van der Waals surface area (Å²) in [4.78, 5) is 25.9. The first-order valence-corrected chi connectivity index (χ1v) is 6.49. The van der Waals surface area contributed by atoms with Gasteiger partial charge in [-0.2, -0.15) is 5.10 Å². The number of hydrogen-bond donors (Lipinski definition) is 2. The van der Waals surface area contributed by atoms with E-state index in [4.69, 9.17) is 0 Å². The minimum absolute atomic E-state index is 0.00869. The van der Waals surface area contributed by atoms with Crippen LogP contribution in [0.2, 0.25) is 0 Å². The number of rotatable bonds is 7. The van der Waals surface area contributed by atoms with Crippen LogP contribution in [-0.4, -0.2) is 32.6 Å². The van der Waals surface area contributed by atoms with Gasteiger partial charge in [0, 0.05) is 25.1 Å². The van der Waals surface area contributed by atoms with E-state index in [1.54, 1.807) is 12.1 Å². The fraction of sp³-hybridized carbons (Fsp3) is 0.308. The molecule has 110 valence electrons. The first-order chi connectivity index (χ1) is 10.1. The number of nitrogens with zero attached hydrogens (tertiary/aromatic N) is 3. The molecule has 0 aliphatic heterocycles. The maximum Gasteiger partial charge on any atom is 0.269 e. The Bertz CT molecular complexity index is 612. The van der Waals surface area contributed by atoms with Crippen molar-refractivity contribution in [3.63, 3.8) is 0 Å². The largest absolute Gasteiger partial charge is 0.356 e. The highest BCUT2D eigenvalue weighted by Gasteiger charge is 2.08. The Balaban J connectivity index is 1.74. The second kappa shape index (κ2) is 7.13. The Morgan fingerprint density at radius 2 is 2.29 bits per heavy atom. The second-order valence-electron chi connectivity index (χ2n) is 4.49. The van der Waals surface area contributed by atoms with E-state index in [1.807, 2.05) is 0 Å². The zero-order valence-corrected chi connectivity index (χ0v) is 11.3. The quantitative estimate of drug-likeness (QED) is 0.448. The molecule has 2 aromatic rings. The molecule has 0 fully saturated rings. The van der Waals surface area contributed by atoms with E-state index in [1.165, 1.54) is 18.5 Å². The van der Waals surface area contributed by atoms with Gasteiger partial charge < -0.3 is 5.32 Å². The van der Waals surface area contributed by atoms with Crippen molar-refractivity contribution in [1.29, 1.82) is 0 Å². The number of amides is 1. The molecule has 0 bridgehead atoms. The SMILES string of the molecule is O=C(Cc1cccc([N+](=O)[O-])c1)NCCCc1ncn[nH]1. The monoisotopic (exact) mass is 289 g/mol. The Morgan fingerprint density at radius 1 is 1.43 bits per heavy atom. The molecule has 2 rings (SSSR count). The molecule has 0 atom stereocenters. The van der Waals surface area contributed by atoms with Crippen LogP contribution >= 0.6 is 0 Å². The summed E-state index contributed by atoms with van der Waals surface area (Å²) in [5.41, 5.74) is 0.613. The van der Waals surface area contributed by atoms with Gasteiger partial charge in [0.15, 0.2) is 0 Å². The van der Waals surface area contributed by atoms with Gasteiger partial charge in [-0.05, 0) is 12.0 Å². The zero-order chi connectivity index (χ0) is 15.1. The van der Waals surface area contributed by atoms with E-state index in [2.05, 4.69) is 20.5 Å². The number of nitrogens with one attached hydrogen (secondary N) is 2. The third-order valence-electron chi connectivity index (χ3n) is 2.86. The van der Waals surface area contributed by atoms with Crippen molar-refractivity contribution in [3.8, 4) is 0 Å². The Kier molecular flexibility index (Phi) is 4.97. The predicted octanol–water partition coefficient (Wildman–Crippen LogP) is 1.00. The number of carbonyl (C=O) groups excluding carboxylic acids is 1. The standard InChI is InChI=1S/C13H15N5O3/c19-13(14-6-2-5-12-15-9-16-17-12)8-10-3-1-4-11(7-10)18(20)21/h1,3-4,7,9H,2,5-6,8H2,(H,14,19)(H,15,16,17). The van der Waals surface area contributed by atoms with Gasteiger partial charge in [0.2, 0.25) is 5.91 Å². The van der Waals surface area contributed by atoms with Gasteiger partial charge in [-0.1, -0.05) is 12.1 Å². The van der Waals surface area contributed by atoms with Gasteiger partial charge in [-0.3, -0.25) is 20.0 Å². The molecule has 8 nitrogen and oxygen atoms in total. The summed E-state index contributed by atoms with van der Waals surface area (Å²) in [5, 5.41) is 19.9. The molecule has 0 spiro atoms. The molecule has 1 amide bonds.